The van der Waals surface area contributed by atoms with Gasteiger partial charge in [0.1, 0.15) is 11.6 Å². The van der Waals surface area contributed by atoms with Crippen LogP contribution in [0.4, 0.5) is 4.39 Å². The first kappa shape index (κ1) is 16.2. The average Bonchev–Trinajstić information content (AvgIpc) is 2.49. The van der Waals surface area contributed by atoms with Gasteiger partial charge < -0.3 is 10.4 Å². The minimum atomic E-state index is -0.284. The predicted octanol–water partition coefficient (Wildman–Crippen LogP) is 3.30. The average molecular weight is 294 g/mol. The van der Waals surface area contributed by atoms with E-state index >= 15 is 0 Å². The van der Waals surface area contributed by atoms with Crippen LogP contribution in [-0.4, -0.2) is 36.2 Å². The van der Waals surface area contributed by atoms with Crippen LogP contribution in [0.1, 0.15) is 44.7 Å². The zero-order valence-corrected chi connectivity index (χ0v) is 13.1. The maximum atomic E-state index is 13.5. The molecule has 1 unspecified atom stereocenters. The van der Waals surface area contributed by atoms with Gasteiger partial charge >= 0.3 is 0 Å². The lowest BCUT2D eigenvalue weighted by Crippen LogP contribution is -2.37. The number of halogens is 1. The third-order valence-electron chi connectivity index (χ3n) is 4.45. The number of piperidine rings is 1. The Kier molecular flexibility index (Phi) is 6.00. The molecule has 1 aromatic rings. The first-order valence-corrected chi connectivity index (χ1v) is 8.05. The Morgan fingerprint density at radius 2 is 2.10 bits per heavy atom. The van der Waals surface area contributed by atoms with E-state index in [4.69, 9.17) is 0 Å². The molecule has 0 amide bonds. The monoisotopic (exact) mass is 294 g/mol. The van der Waals surface area contributed by atoms with Crippen molar-refractivity contribution >= 4 is 0 Å². The van der Waals surface area contributed by atoms with Gasteiger partial charge in [0.2, 0.25) is 0 Å². The van der Waals surface area contributed by atoms with Gasteiger partial charge in [-0.15, -0.1) is 0 Å². The van der Waals surface area contributed by atoms with Gasteiger partial charge in [0, 0.05) is 18.2 Å². The molecule has 0 radical (unpaired) electrons. The van der Waals surface area contributed by atoms with E-state index in [0.29, 0.717) is 11.5 Å². The van der Waals surface area contributed by atoms with E-state index in [1.54, 1.807) is 0 Å². The van der Waals surface area contributed by atoms with E-state index in [9.17, 15) is 9.50 Å². The smallest absolute Gasteiger partial charge is 0.123 e. The molecule has 4 heteroatoms. The van der Waals surface area contributed by atoms with E-state index in [2.05, 4.69) is 24.1 Å². The molecule has 1 saturated heterocycles. The minimum Gasteiger partial charge on any atom is -0.508 e. The van der Waals surface area contributed by atoms with Crippen molar-refractivity contribution < 1.29 is 9.50 Å². The van der Waals surface area contributed by atoms with E-state index in [0.717, 1.165) is 32.6 Å². The van der Waals surface area contributed by atoms with Crippen LogP contribution in [0, 0.1) is 11.7 Å². The second kappa shape index (κ2) is 7.76. The number of hydrogen-bond donors (Lipinski definition) is 2. The number of nitrogens with one attached hydrogen (secondary N) is 1. The SMILES string of the molecule is CCCN(CC1CCNCC1)C(C)c1cc(F)ccc1O. The Morgan fingerprint density at radius 1 is 1.38 bits per heavy atom. The molecule has 2 N–H and O–H groups in total. The summed E-state index contributed by atoms with van der Waals surface area (Å²) >= 11 is 0. The number of phenolic OH excluding ortho intramolecular Hbond substituents is 1. The normalized spacial score (nSPS) is 18.1. The summed E-state index contributed by atoms with van der Waals surface area (Å²) in [6.07, 6.45) is 3.45. The van der Waals surface area contributed by atoms with Crippen LogP contribution in [0.15, 0.2) is 18.2 Å². The first-order chi connectivity index (χ1) is 10.1. The van der Waals surface area contributed by atoms with Gasteiger partial charge in [0.05, 0.1) is 0 Å². The molecule has 2 rings (SSSR count). The van der Waals surface area contributed by atoms with Gasteiger partial charge in [0.25, 0.3) is 0 Å². The molecule has 0 spiro atoms. The van der Waals surface area contributed by atoms with E-state index in [-0.39, 0.29) is 17.6 Å². The third kappa shape index (κ3) is 4.42. The van der Waals surface area contributed by atoms with Gasteiger partial charge in [-0.3, -0.25) is 4.90 Å². The number of nitrogens with zero attached hydrogens (tertiary/aromatic N) is 1. The molecule has 118 valence electrons. The summed E-state index contributed by atoms with van der Waals surface area (Å²) in [6.45, 7) is 8.39. The van der Waals surface area contributed by atoms with Crippen molar-refractivity contribution in [2.75, 3.05) is 26.2 Å². The minimum absolute atomic E-state index is 0.0375. The molecule has 0 bridgehead atoms. The maximum absolute atomic E-state index is 13.5. The van der Waals surface area contributed by atoms with Crippen LogP contribution >= 0.6 is 0 Å². The highest BCUT2D eigenvalue weighted by molar-refractivity contribution is 5.35. The zero-order valence-electron chi connectivity index (χ0n) is 13.1. The van der Waals surface area contributed by atoms with Crippen molar-refractivity contribution in [2.45, 2.75) is 39.2 Å². The van der Waals surface area contributed by atoms with Gasteiger partial charge in [-0.2, -0.15) is 0 Å². The molecule has 0 aromatic heterocycles. The maximum Gasteiger partial charge on any atom is 0.123 e. The molecule has 3 nitrogen and oxygen atoms in total. The second-order valence-corrected chi connectivity index (χ2v) is 6.07. The topological polar surface area (TPSA) is 35.5 Å². The molecule has 1 aliphatic heterocycles. The molecule has 1 fully saturated rings. The number of benzene rings is 1. The third-order valence-corrected chi connectivity index (χ3v) is 4.45. The lowest BCUT2D eigenvalue weighted by molar-refractivity contribution is 0.159. The molecule has 1 atom stereocenters. The predicted molar refractivity (Wildman–Crippen MR) is 83.9 cm³/mol. The number of aromatic hydroxyl groups is 1. The molecule has 1 aliphatic rings. The van der Waals surface area contributed by atoms with Gasteiger partial charge in [0.15, 0.2) is 0 Å². The summed E-state index contributed by atoms with van der Waals surface area (Å²) in [7, 11) is 0. The number of phenols is 1. The highest BCUT2D eigenvalue weighted by atomic mass is 19.1. The van der Waals surface area contributed by atoms with Crippen molar-refractivity contribution in [2.24, 2.45) is 5.92 Å². The van der Waals surface area contributed by atoms with Crippen LogP contribution < -0.4 is 5.32 Å². The molecule has 1 aromatic carbocycles. The summed E-state index contributed by atoms with van der Waals surface area (Å²) in [6, 6.07) is 4.26. The van der Waals surface area contributed by atoms with Crippen molar-refractivity contribution in [3.05, 3.63) is 29.6 Å². The molecule has 0 aliphatic carbocycles. The lowest BCUT2D eigenvalue weighted by Gasteiger charge is -2.34. The van der Waals surface area contributed by atoms with E-state index < -0.39 is 0 Å². The van der Waals surface area contributed by atoms with Gasteiger partial charge in [-0.05, 0) is 69.9 Å². The van der Waals surface area contributed by atoms with Crippen LogP contribution in [-0.2, 0) is 0 Å². The fraction of sp³-hybridized carbons (Fsp3) is 0.647. The number of hydrogen-bond acceptors (Lipinski definition) is 3. The largest absolute Gasteiger partial charge is 0.508 e. The number of rotatable bonds is 6. The van der Waals surface area contributed by atoms with Crippen LogP contribution in [0.2, 0.25) is 0 Å². The Bertz CT molecular complexity index is 446. The molecular formula is C17H27FN2O. The summed E-state index contributed by atoms with van der Waals surface area (Å²) in [5.41, 5.74) is 0.692. The second-order valence-electron chi connectivity index (χ2n) is 6.07. The molecule has 21 heavy (non-hydrogen) atoms. The van der Waals surface area contributed by atoms with Crippen LogP contribution in [0.25, 0.3) is 0 Å². The fourth-order valence-corrected chi connectivity index (χ4v) is 3.18. The van der Waals surface area contributed by atoms with Crippen molar-refractivity contribution in [3.8, 4) is 5.75 Å². The summed E-state index contributed by atoms with van der Waals surface area (Å²) in [4.78, 5) is 2.38. The van der Waals surface area contributed by atoms with Crippen molar-refractivity contribution in [3.63, 3.8) is 0 Å². The molecular weight excluding hydrogens is 267 g/mol. The highest BCUT2D eigenvalue weighted by Gasteiger charge is 2.23. The van der Waals surface area contributed by atoms with Crippen LogP contribution in [0.5, 0.6) is 5.75 Å². The van der Waals surface area contributed by atoms with Crippen LogP contribution in [0.3, 0.4) is 0 Å². The Balaban J connectivity index is 2.10. The first-order valence-electron chi connectivity index (χ1n) is 8.05. The summed E-state index contributed by atoms with van der Waals surface area (Å²) < 4.78 is 13.5. The summed E-state index contributed by atoms with van der Waals surface area (Å²) in [5.74, 6) is 0.597. The molecule has 0 saturated carbocycles. The Hall–Kier alpha value is -1.13. The van der Waals surface area contributed by atoms with E-state index in [1.165, 1.54) is 31.0 Å². The molecule has 1 heterocycles. The standard InChI is InChI=1S/C17H27FN2O/c1-3-10-20(12-14-6-8-19-9-7-14)13(2)16-11-15(18)4-5-17(16)21/h4-5,11,13-14,19,21H,3,6-10,12H2,1-2H3. The van der Waals surface area contributed by atoms with Gasteiger partial charge in [-0.25, -0.2) is 4.39 Å². The Morgan fingerprint density at radius 3 is 2.76 bits per heavy atom. The van der Waals surface area contributed by atoms with Crippen molar-refractivity contribution in [1.82, 2.24) is 10.2 Å². The zero-order chi connectivity index (χ0) is 15.2. The fourth-order valence-electron chi connectivity index (χ4n) is 3.18. The highest BCUT2D eigenvalue weighted by Crippen LogP contribution is 2.30. The summed E-state index contributed by atoms with van der Waals surface area (Å²) in [5, 5.41) is 13.4. The lowest BCUT2D eigenvalue weighted by atomic mass is 9.95. The quantitative estimate of drug-likeness (QED) is 0.845. The van der Waals surface area contributed by atoms with Crippen molar-refractivity contribution in [1.29, 1.82) is 0 Å². The van der Waals surface area contributed by atoms with Gasteiger partial charge in [-0.1, -0.05) is 6.92 Å². The van der Waals surface area contributed by atoms with E-state index in [1.807, 2.05) is 0 Å². The Labute approximate surface area is 127 Å².